The average Bonchev–Trinajstić information content (AvgIpc) is 3.07. The number of aryl methyl sites for hydroxylation is 1. The van der Waals surface area contributed by atoms with Crippen molar-refractivity contribution in [2.75, 3.05) is 11.9 Å². The van der Waals surface area contributed by atoms with E-state index < -0.39 is 5.97 Å². The summed E-state index contributed by atoms with van der Waals surface area (Å²) in [7, 11) is 0. The summed E-state index contributed by atoms with van der Waals surface area (Å²) in [4.78, 5) is 28.4. The summed E-state index contributed by atoms with van der Waals surface area (Å²) in [5.41, 5.74) is 0.227. The van der Waals surface area contributed by atoms with Crippen molar-refractivity contribution < 1.29 is 14.3 Å². The summed E-state index contributed by atoms with van der Waals surface area (Å²) in [6, 6.07) is 3.96. The van der Waals surface area contributed by atoms with Gasteiger partial charge in [0.25, 0.3) is 0 Å². The number of esters is 1. The zero-order chi connectivity index (χ0) is 14.4. The molecule has 0 aliphatic carbocycles. The van der Waals surface area contributed by atoms with Crippen LogP contribution < -0.4 is 5.32 Å². The summed E-state index contributed by atoms with van der Waals surface area (Å²) in [6.45, 7) is 2.04. The van der Waals surface area contributed by atoms with E-state index >= 15 is 0 Å². The monoisotopic (exact) mass is 310 g/mol. The molecule has 0 bridgehead atoms. The Labute approximate surface area is 124 Å². The van der Waals surface area contributed by atoms with Crippen molar-refractivity contribution in [1.29, 1.82) is 0 Å². The van der Waals surface area contributed by atoms with E-state index in [2.05, 4.69) is 10.3 Å². The molecule has 20 heavy (non-hydrogen) atoms. The van der Waals surface area contributed by atoms with Crippen LogP contribution in [0.5, 0.6) is 0 Å². The summed E-state index contributed by atoms with van der Waals surface area (Å²) in [5, 5.41) is 6.67. The Hall–Kier alpha value is -1.73. The molecule has 2 aromatic heterocycles. The van der Waals surface area contributed by atoms with Crippen molar-refractivity contribution in [2.45, 2.75) is 19.8 Å². The number of thiazole rings is 1. The van der Waals surface area contributed by atoms with Gasteiger partial charge in [0.15, 0.2) is 10.8 Å². The lowest BCUT2D eigenvalue weighted by atomic mass is 10.2. The molecular formula is C13H14N2O3S2. The van der Waals surface area contributed by atoms with Gasteiger partial charge in [-0.1, -0.05) is 6.07 Å². The molecule has 1 N–H and O–H groups in total. The van der Waals surface area contributed by atoms with Crippen LogP contribution in [0.4, 0.5) is 5.13 Å². The Morgan fingerprint density at radius 3 is 2.95 bits per heavy atom. The second-order valence-electron chi connectivity index (χ2n) is 3.89. The second-order valence-corrected chi connectivity index (χ2v) is 5.78. The van der Waals surface area contributed by atoms with Gasteiger partial charge in [0.05, 0.1) is 6.61 Å². The number of nitrogens with one attached hydrogen (secondary N) is 1. The van der Waals surface area contributed by atoms with Crippen molar-refractivity contribution >= 4 is 39.7 Å². The molecule has 106 valence electrons. The maximum absolute atomic E-state index is 11.8. The molecular weight excluding hydrogens is 296 g/mol. The van der Waals surface area contributed by atoms with E-state index in [1.165, 1.54) is 16.2 Å². The number of ether oxygens (including phenoxy) is 1. The first kappa shape index (κ1) is 14.7. The van der Waals surface area contributed by atoms with Crippen LogP contribution in [0.15, 0.2) is 22.9 Å². The number of anilines is 1. The number of hydrogen-bond acceptors (Lipinski definition) is 6. The third kappa shape index (κ3) is 4.14. The lowest BCUT2D eigenvalue weighted by Crippen LogP contribution is -2.12. The molecule has 0 aromatic carbocycles. The van der Waals surface area contributed by atoms with Gasteiger partial charge in [0.1, 0.15) is 0 Å². The normalized spacial score (nSPS) is 10.2. The summed E-state index contributed by atoms with van der Waals surface area (Å²) < 4.78 is 4.84. The van der Waals surface area contributed by atoms with Crippen LogP contribution in [0, 0.1) is 0 Å². The molecule has 0 aliphatic rings. The summed E-state index contributed by atoms with van der Waals surface area (Å²) >= 11 is 2.84. The van der Waals surface area contributed by atoms with Crippen molar-refractivity contribution in [3.63, 3.8) is 0 Å². The fourth-order valence-electron chi connectivity index (χ4n) is 1.50. The third-order valence-corrected chi connectivity index (χ3v) is 4.11. The quantitative estimate of drug-likeness (QED) is 0.833. The van der Waals surface area contributed by atoms with Gasteiger partial charge in [0, 0.05) is 16.7 Å². The first-order valence-electron chi connectivity index (χ1n) is 6.14. The molecule has 0 atom stereocenters. The standard InChI is InChI=1S/C13H14N2O3S2/c1-2-18-12(17)10-8-20-13(14-10)15-11(16)6-5-9-4-3-7-19-9/h3-4,7-8H,2,5-6H2,1H3,(H,14,15,16). The molecule has 1 amide bonds. The Balaban J connectivity index is 1.83. The molecule has 2 heterocycles. The molecule has 7 heteroatoms. The fraction of sp³-hybridized carbons (Fsp3) is 0.308. The summed E-state index contributed by atoms with van der Waals surface area (Å²) in [5.74, 6) is -0.578. The van der Waals surface area contributed by atoms with Crippen LogP contribution in [-0.2, 0) is 16.0 Å². The maximum atomic E-state index is 11.8. The largest absolute Gasteiger partial charge is 0.461 e. The number of hydrogen-bond donors (Lipinski definition) is 1. The molecule has 2 aromatic rings. The van der Waals surface area contributed by atoms with Crippen LogP contribution in [0.3, 0.4) is 0 Å². The van der Waals surface area contributed by atoms with Gasteiger partial charge in [0.2, 0.25) is 5.91 Å². The molecule has 0 saturated carbocycles. The van der Waals surface area contributed by atoms with Crippen molar-refractivity contribution in [3.8, 4) is 0 Å². The fourth-order valence-corrected chi connectivity index (χ4v) is 2.91. The molecule has 0 spiro atoms. The van der Waals surface area contributed by atoms with E-state index in [-0.39, 0.29) is 11.6 Å². The highest BCUT2D eigenvalue weighted by molar-refractivity contribution is 7.14. The number of carbonyl (C=O) groups is 2. The highest BCUT2D eigenvalue weighted by Crippen LogP contribution is 2.17. The van der Waals surface area contributed by atoms with E-state index in [9.17, 15) is 9.59 Å². The predicted molar refractivity (Wildman–Crippen MR) is 79.3 cm³/mol. The van der Waals surface area contributed by atoms with Gasteiger partial charge in [-0.05, 0) is 24.8 Å². The lowest BCUT2D eigenvalue weighted by molar-refractivity contribution is -0.116. The minimum atomic E-state index is -0.470. The smallest absolute Gasteiger partial charge is 0.357 e. The minimum Gasteiger partial charge on any atom is -0.461 e. The van der Waals surface area contributed by atoms with Crippen LogP contribution in [0.1, 0.15) is 28.7 Å². The van der Waals surface area contributed by atoms with Gasteiger partial charge in [-0.2, -0.15) is 0 Å². The third-order valence-electron chi connectivity index (χ3n) is 2.41. The van der Waals surface area contributed by atoms with Crippen molar-refractivity contribution in [2.24, 2.45) is 0 Å². The SMILES string of the molecule is CCOC(=O)c1csc(NC(=O)CCc2cccs2)n1. The minimum absolute atomic E-state index is 0.108. The molecule has 0 fully saturated rings. The first-order valence-corrected chi connectivity index (χ1v) is 7.90. The Bertz CT molecular complexity index is 578. The van der Waals surface area contributed by atoms with Crippen LogP contribution in [-0.4, -0.2) is 23.5 Å². The first-order chi connectivity index (χ1) is 9.69. The number of thiophene rings is 1. The molecule has 0 unspecified atom stereocenters. The molecule has 2 rings (SSSR count). The van der Waals surface area contributed by atoms with E-state index in [4.69, 9.17) is 4.74 Å². The number of aromatic nitrogens is 1. The van der Waals surface area contributed by atoms with E-state index in [1.54, 1.807) is 23.6 Å². The number of carbonyl (C=O) groups excluding carboxylic acids is 2. The predicted octanol–water partition coefficient (Wildman–Crippen LogP) is 2.95. The van der Waals surface area contributed by atoms with Gasteiger partial charge < -0.3 is 10.1 Å². The molecule has 0 radical (unpaired) electrons. The van der Waals surface area contributed by atoms with Gasteiger partial charge in [-0.15, -0.1) is 22.7 Å². The van der Waals surface area contributed by atoms with Crippen LogP contribution in [0.2, 0.25) is 0 Å². The zero-order valence-corrected chi connectivity index (χ0v) is 12.6. The van der Waals surface area contributed by atoms with Crippen LogP contribution >= 0.6 is 22.7 Å². The number of rotatable bonds is 6. The molecule has 0 aliphatic heterocycles. The van der Waals surface area contributed by atoms with Gasteiger partial charge in [-0.25, -0.2) is 9.78 Å². The molecule has 0 saturated heterocycles. The van der Waals surface area contributed by atoms with Crippen molar-refractivity contribution in [1.82, 2.24) is 4.98 Å². The Morgan fingerprint density at radius 1 is 1.40 bits per heavy atom. The highest BCUT2D eigenvalue weighted by Gasteiger charge is 2.13. The second kappa shape index (κ2) is 7.16. The molecule has 5 nitrogen and oxygen atoms in total. The van der Waals surface area contributed by atoms with E-state index in [1.807, 2.05) is 17.5 Å². The average molecular weight is 310 g/mol. The van der Waals surface area contributed by atoms with Crippen molar-refractivity contribution in [3.05, 3.63) is 33.5 Å². The van der Waals surface area contributed by atoms with Gasteiger partial charge >= 0.3 is 5.97 Å². The number of nitrogens with zero attached hydrogens (tertiary/aromatic N) is 1. The Morgan fingerprint density at radius 2 is 2.25 bits per heavy atom. The zero-order valence-electron chi connectivity index (χ0n) is 10.9. The lowest BCUT2D eigenvalue weighted by Gasteiger charge is -2.00. The highest BCUT2D eigenvalue weighted by atomic mass is 32.1. The summed E-state index contributed by atoms with van der Waals surface area (Å²) in [6.07, 6.45) is 1.11. The van der Waals surface area contributed by atoms with E-state index in [0.717, 1.165) is 0 Å². The topological polar surface area (TPSA) is 68.3 Å². The van der Waals surface area contributed by atoms with Gasteiger partial charge in [-0.3, -0.25) is 4.79 Å². The Kier molecular flexibility index (Phi) is 5.25. The van der Waals surface area contributed by atoms with E-state index in [0.29, 0.717) is 24.6 Å². The maximum Gasteiger partial charge on any atom is 0.357 e. The van der Waals surface area contributed by atoms with Crippen LogP contribution in [0.25, 0.3) is 0 Å². The number of amides is 1.